The molecule has 2 rings (SSSR count). The molecule has 1 unspecified atom stereocenters. The molecule has 1 aliphatic rings. The molecule has 5 nitrogen and oxygen atoms in total. The van der Waals surface area contributed by atoms with Crippen molar-refractivity contribution in [1.29, 1.82) is 0 Å². The van der Waals surface area contributed by atoms with Gasteiger partial charge in [0.15, 0.2) is 5.16 Å². The lowest BCUT2D eigenvalue weighted by molar-refractivity contribution is -0.122. The van der Waals surface area contributed by atoms with Crippen molar-refractivity contribution in [2.45, 2.75) is 49.1 Å². The van der Waals surface area contributed by atoms with Gasteiger partial charge in [0.1, 0.15) is 10.2 Å². The molecule has 1 saturated carbocycles. The molecule has 0 spiro atoms. The van der Waals surface area contributed by atoms with Crippen molar-refractivity contribution in [2.75, 3.05) is 12.8 Å². The Labute approximate surface area is 145 Å². The summed E-state index contributed by atoms with van der Waals surface area (Å²) in [7, 11) is 0. The number of nitrogens with one attached hydrogen (secondary N) is 1. The van der Waals surface area contributed by atoms with Gasteiger partial charge in [0.2, 0.25) is 5.91 Å². The maximum atomic E-state index is 11.8. The maximum Gasteiger partial charge on any atom is 0.226 e. The lowest BCUT2D eigenvalue weighted by Crippen LogP contribution is -2.28. The third-order valence-electron chi connectivity index (χ3n) is 3.54. The van der Waals surface area contributed by atoms with Crippen LogP contribution in [0, 0.1) is 11.8 Å². The molecule has 1 heterocycles. The van der Waals surface area contributed by atoms with E-state index in [1.807, 2.05) is 6.26 Å². The highest BCUT2D eigenvalue weighted by Gasteiger charge is 2.56. The molecule has 0 aromatic carbocycles. The van der Waals surface area contributed by atoms with Crippen molar-refractivity contribution in [1.82, 2.24) is 20.1 Å². The minimum atomic E-state index is -0.852. The van der Waals surface area contributed by atoms with Gasteiger partial charge in [-0.2, -0.15) is 0 Å². The van der Waals surface area contributed by atoms with E-state index >= 15 is 0 Å². The molecule has 1 N–H and O–H groups in total. The fraction of sp³-hybridized carbons (Fsp3) is 0.786. The quantitative estimate of drug-likeness (QED) is 0.437. The summed E-state index contributed by atoms with van der Waals surface area (Å²) in [6.45, 7) is 5.86. The van der Waals surface area contributed by atoms with Gasteiger partial charge in [-0.25, -0.2) is 0 Å². The second-order valence-corrected chi connectivity index (χ2v) is 8.34. The number of nitrogens with zero attached hydrogens (tertiary/aromatic N) is 3. The Morgan fingerprint density at radius 2 is 2.18 bits per heavy atom. The fourth-order valence-corrected chi connectivity index (χ4v) is 3.31. The number of hydrogen-bond donors (Lipinski definition) is 1. The van der Waals surface area contributed by atoms with Gasteiger partial charge in [-0.3, -0.25) is 4.79 Å². The SMILES string of the molecule is CSc1nnc(CCCNC(=O)C2CC2(Cl)Cl)n1CC(C)C. The fourth-order valence-electron chi connectivity index (χ4n) is 2.28. The molecule has 124 valence electrons. The first-order valence-electron chi connectivity index (χ1n) is 7.46. The minimum Gasteiger partial charge on any atom is -0.356 e. The van der Waals surface area contributed by atoms with Crippen LogP contribution < -0.4 is 5.32 Å². The van der Waals surface area contributed by atoms with Crippen LogP contribution in [0.1, 0.15) is 32.5 Å². The second kappa shape index (κ2) is 7.41. The molecule has 1 aliphatic carbocycles. The summed E-state index contributed by atoms with van der Waals surface area (Å²) in [5, 5.41) is 12.3. The van der Waals surface area contributed by atoms with Crippen molar-refractivity contribution in [2.24, 2.45) is 11.8 Å². The Morgan fingerprint density at radius 1 is 1.50 bits per heavy atom. The highest BCUT2D eigenvalue weighted by atomic mass is 35.5. The van der Waals surface area contributed by atoms with E-state index < -0.39 is 4.33 Å². The highest BCUT2D eigenvalue weighted by Crippen LogP contribution is 2.53. The van der Waals surface area contributed by atoms with Crippen LogP contribution in [0.2, 0.25) is 0 Å². The molecule has 1 amide bonds. The van der Waals surface area contributed by atoms with Crippen molar-refractivity contribution in [3.05, 3.63) is 5.82 Å². The van der Waals surface area contributed by atoms with Gasteiger partial charge in [0, 0.05) is 19.5 Å². The van der Waals surface area contributed by atoms with Crippen molar-refractivity contribution in [3.63, 3.8) is 0 Å². The summed E-state index contributed by atoms with van der Waals surface area (Å²) in [4.78, 5) is 11.8. The van der Waals surface area contributed by atoms with Crippen LogP contribution in [-0.2, 0) is 17.8 Å². The Morgan fingerprint density at radius 3 is 2.73 bits per heavy atom. The zero-order valence-electron chi connectivity index (χ0n) is 13.1. The summed E-state index contributed by atoms with van der Waals surface area (Å²) in [5.41, 5.74) is 0. The summed E-state index contributed by atoms with van der Waals surface area (Å²) in [5.74, 6) is 1.19. The molecule has 22 heavy (non-hydrogen) atoms. The number of amides is 1. The summed E-state index contributed by atoms with van der Waals surface area (Å²) in [6, 6.07) is 0. The predicted octanol–water partition coefficient (Wildman–Crippen LogP) is 2.90. The molecule has 1 atom stereocenters. The lowest BCUT2D eigenvalue weighted by atomic mass is 10.2. The van der Waals surface area contributed by atoms with E-state index in [0.29, 0.717) is 18.9 Å². The topological polar surface area (TPSA) is 59.8 Å². The van der Waals surface area contributed by atoms with Crippen LogP contribution >= 0.6 is 35.0 Å². The number of halogens is 2. The van der Waals surface area contributed by atoms with Gasteiger partial charge in [0.05, 0.1) is 5.92 Å². The number of carbonyl (C=O) groups is 1. The smallest absolute Gasteiger partial charge is 0.226 e. The van der Waals surface area contributed by atoms with Crippen LogP contribution in [0.4, 0.5) is 0 Å². The van der Waals surface area contributed by atoms with E-state index in [2.05, 4.69) is 33.9 Å². The molecule has 0 aliphatic heterocycles. The van der Waals surface area contributed by atoms with Gasteiger partial charge in [-0.1, -0.05) is 25.6 Å². The Kier molecular flexibility index (Phi) is 6.02. The molecule has 8 heteroatoms. The third kappa shape index (κ3) is 4.52. The summed E-state index contributed by atoms with van der Waals surface area (Å²) >= 11 is 13.4. The van der Waals surface area contributed by atoms with Gasteiger partial charge in [0.25, 0.3) is 0 Å². The van der Waals surface area contributed by atoms with Gasteiger partial charge in [-0.05, 0) is 25.0 Å². The molecule has 1 aromatic heterocycles. The van der Waals surface area contributed by atoms with E-state index in [1.165, 1.54) is 0 Å². The number of hydrogen-bond acceptors (Lipinski definition) is 4. The normalized spacial score (nSPS) is 19.5. The largest absolute Gasteiger partial charge is 0.356 e. The van der Waals surface area contributed by atoms with Gasteiger partial charge >= 0.3 is 0 Å². The van der Waals surface area contributed by atoms with Crippen molar-refractivity contribution in [3.8, 4) is 0 Å². The van der Waals surface area contributed by atoms with E-state index in [-0.39, 0.29) is 11.8 Å². The van der Waals surface area contributed by atoms with Crippen LogP contribution in [0.25, 0.3) is 0 Å². The van der Waals surface area contributed by atoms with Crippen molar-refractivity contribution >= 4 is 40.9 Å². The van der Waals surface area contributed by atoms with Crippen LogP contribution in [0.5, 0.6) is 0 Å². The minimum absolute atomic E-state index is 0.0570. The molecular weight excluding hydrogens is 343 g/mol. The second-order valence-electron chi connectivity index (χ2n) is 6.02. The summed E-state index contributed by atoms with van der Waals surface area (Å²) < 4.78 is 1.31. The first-order valence-corrected chi connectivity index (χ1v) is 9.44. The number of aromatic nitrogens is 3. The van der Waals surface area contributed by atoms with Gasteiger partial charge < -0.3 is 9.88 Å². The standard InChI is InChI=1S/C14H22Cl2N4OS/c1-9(2)8-20-11(18-19-13(20)22-3)5-4-6-17-12(21)10-7-14(10,15)16/h9-10H,4-8H2,1-3H3,(H,17,21). The molecule has 0 bridgehead atoms. The number of alkyl halides is 2. The number of rotatable bonds is 8. The average molecular weight is 365 g/mol. The number of carbonyl (C=O) groups excluding carboxylic acids is 1. The first kappa shape index (κ1) is 17.9. The Hall–Kier alpha value is -0.460. The van der Waals surface area contributed by atoms with Crippen molar-refractivity contribution < 1.29 is 4.79 Å². The Bertz CT molecular complexity index is 533. The maximum absolute atomic E-state index is 11.8. The van der Waals surface area contributed by atoms with Crippen LogP contribution in [-0.4, -0.2) is 37.8 Å². The first-order chi connectivity index (χ1) is 10.3. The number of thioether (sulfide) groups is 1. The van der Waals surface area contributed by atoms with Crippen LogP contribution in [0.3, 0.4) is 0 Å². The average Bonchev–Trinajstić information content (AvgIpc) is 2.91. The molecule has 1 fully saturated rings. The van der Waals surface area contributed by atoms with Crippen LogP contribution in [0.15, 0.2) is 5.16 Å². The lowest BCUT2D eigenvalue weighted by Gasteiger charge is -2.11. The zero-order valence-corrected chi connectivity index (χ0v) is 15.4. The number of aryl methyl sites for hydroxylation is 1. The van der Waals surface area contributed by atoms with E-state index in [0.717, 1.165) is 30.4 Å². The summed E-state index contributed by atoms with van der Waals surface area (Å²) in [6.07, 6.45) is 4.16. The van der Waals surface area contributed by atoms with Gasteiger partial charge in [-0.15, -0.1) is 33.4 Å². The highest BCUT2D eigenvalue weighted by molar-refractivity contribution is 7.98. The third-order valence-corrected chi connectivity index (χ3v) is 5.05. The Balaban J connectivity index is 1.79. The molecule has 0 saturated heterocycles. The molecule has 0 radical (unpaired) electrons. The van der Waals surface area contributed by atoms with E-state index in [1.54, 1.807) is 11.8 Å². The molecular formula is C14H22Cl2N4OS. The van der Waals surface area contributed by atoms with E-state index in [4.69, 9.17) is 23.2 Å². The predicted molar refractivity (Wildman–Crippen MR) is 90.5 cm³/mol. The van der Waals surface area contributed by atoms with E-state index in [9.17, 15) is 4.79 Å². The monoisotopic (exact) mass is 364 g/mol. The molecule has 1 aromatic rings. The zero-order chi connectivity index (χ0) is 16.3.